The molecule has 2 aliphatic heterocycles. The smallest absolute Gasteiger partial charge is 0.337 e. The molecule has 4 heterocycles. The number of methoxy groups -OCH3 is 1. The van der Waals surface area contributed by atoms with Crippen molar-refractivity contribution in [3.8, 4) is 22.6 Å². The van der Waals surface area contributed by atoms with Crippen LogP contribution >= 0.6 is 0 Å². The van der Waals surface area contributed by atoms with Gasteiger partial charge in [0.05, 0.1) is 23.8 Å². The summed E-state index contributed by atoms with van der Waals surface area (Å²) in [4.78, 5) is 44.5. The fourth-order valence-corrected chi connectivity index (χ4v) is 6.65. The minimum Gasteiger partial charge on any atom is -0.496 e. The third-order valence-corrected chi connectivity index (χ3v) is 8.91. The Morgan fingerprint density at radius 3 is 2.57 bits per heavy atom. The van der Waals surface area contributed by atoms with Gasteiger partial charge in [0.2, 0.25) is 0 Å². The average molecular weight is 566 g/mol. The zero-order valence-electron chi connectivity index (χ0n) is 23.5. The van der Waals surface area contributed by atoms with Crippen molar-refractivity contribution < 1.29 is 29.0 Å². The number of benzene rings is 2. The molecule has 0 radical (unpaired) electrons. The van der Waals surface area contributed by atoms with E-state index in [1.807, 2.05) is 13.0 Å². The van der Waals surface area contributed by atoms with Crippen molar-refractivity contribution in [2.75, 3.05) is 20.2 Å². The predicted molar refractivity (Wildman–Crippen MR) is 156 cm³/mol. The van der Waals surface area contributed by atoms with Gasteiger partial charge in [-0.1, -0.05) is 6.07 Å². The highest BCUT2D eigenvalue weighted by Gasteiger charge is 2.54. The molecule has 0 amide bonds. The lowest BCUT2D eigenvalue weighted by atomic mass is 9.70. The fourth-order valence-electron chi connectivity index (χ4n) is 6.65. The lowest BCUT2D eigenvalue weighted by Crippen LogP contribution is -2.58. The molecule has 214 valence electrons. The number of carboxylic acids is 1. The van der Waals surface area contributed by atoms with Crippen molar-refractivity contribution in [1.29, 1.82) is 0 Å². The van der Waals surface area contributed by atoms with E-state index in [9.17, 15) is 19.5 Å². The Kier molecular flexibility index (Phi) is 6.16. The molecule has 1 aliphatic carbocycles. The van der Waals surface area contributed by atoms with Crippen LogP contribution in [0.5, 0.6) is 11.5 Å². The Balaban J connectivity index is 1.34. The number of ketones is 2. The van der Waals surface area contributed by atoms with E-state index >= 15 is 0 Å². The summed E-state index contributed by atoms with van der Waals surface area (Å²) in [6, 6.07) is 10.8. The molecule has 4 aromatic rings. The molecule has 7 rings (SSSR count). The molecule has 1 saturated carbocycles. The zero-order valence-corrected chi connectivity index (χ0v) is 23.5. The number of rotatable bonds is 6. The van der Waals surface area contributed by atoms with Crippen LogP contribution in [0.4, 0.5) is 0 Å². The number of aryl methyl sites for hydroxylation is 1. The first-order valence-electron chi connectivity index (χ1n) is 14.3. The van der Waals surface area contributed by atoms with Crippen LogP contribution in [-0.2, 0) is 0 Å². The Morgan fingerprint density at radius 1 is 1.07 bits per heavy atom. The number of Topliss-reactive ketones (excluding diaryl/α,β-unsaturated/α-hetero) is 2. The molecule has 3 aliphatic rings. The van der Waals surface area contributed by atoms with Crippen LogP contribution in [0.25, 0.3) is 22.0 Å². The summed E-state index contributed by atoms with van der Waals surface area (Å²) in [6.07, 6.45) is 8.17. The van der Waals surface area contributed by atoms with E-state index in [4.69, 9.17) is 9.47 Å². The van der Waals surface area contributed by atoms with Crippen LogP contribution in [0.2, 0.25) is 0 Å². The van der Waals surface area contributed by atoms with Gasteiger partial charge in [-0.3, -0.25) is 14.6 Å². The third-order valence-electron chi connectivity index (χ3n) is 8.91. The van der Waals surface area contributed by atoms with Crippen molar-refractivity contribution in [2.24, 2.45) is 5.92 Å². The summed E-state index contributed by atoms with van der Waals surface area (Å²) in [5.74, 6) is -1.66. The van der Waals surface area contributed by atoms with Crippen LogP contribution < -0.4 is 14.8 Å². The lowest BCUT2D eigenvalue weighted by Gasteiger charge is -2.45. The number of hydrogen-bond donors (Lipinski definition) is 2. The monoisotopic (exact) mass is 565 g/mol. The van der Waals surface area contributed by atoms with E-state index in [0.717, 1.165) is 29.3 Å². The molecule has 1 unspecified atom stereocenters. The van der Waals surface area contributed by atoms with Gasteiger partial charge in [-0.15, -0.1) is 0 Å². The molecule has 0 bridgehead atoms. The van der Waals surface area contributed by atoms with Gasteiger partial charge >= 0.3 is 5.97 Å². The summed E-state index contributed by atoms with van der Waals surface area (Å²) in [5.41, 5.74) is 3.01. The van der Waals surface area contributed by atoms with E-state index in [1.165, 1.54) is 12.3 Å². The maximum absolute atomic E-state index is 14.5. The largest absolute Gasteiger partial charge is 0.496 e. The molecule has 9 nitrogen and oxygen atoms in total. The molecule has 1 atom stereocenters. The molecule has 2 aromatic carbocycles. The van der Waals surface area contributed by atoms with Gasteiger partial charge in [0.25, 0.3) is 0 Å². The van der Waals surface area contributed by atoms with Gasteiger partial charge in [0.1, 0.15) is 23.0 Å². The number of nitrogens with zero attached hydrogens (tertiary/aromatic N) is 2. The first kappa shape index (κ1) is 26.4. The second-order valence-electron chi connectivity index (χ2n) is 11.6. The van der Waals surface area contributed by atoms with Crippen LogP contribution in [0, 0.1) is 12.8 Å². The average Bonchev–Trinajstić information content (AvgIpc) is 3.79. The van der Waals surface area contributed by atoms with E-state index in [2.05, 4.69) is 21.1 Å². The SMILES string of the molecule is COc1cc(C(=O)C2C(=O)c3cc(-c4cncc(C(=O)O)c4)ccc3OC23CCNCC3)cc2c1c(C)cn2C1CC1. The lowest BCUT2D eigenvalue weighted by molar-refractivity contribution is -0.0138. The van der Waals surface area contributed by atoms with Crippen molar-refractivity contribution in [3.05, 3.63) is 77.2 Å². The van der Waals surface area contributed by atoms with Crippen molar-refractivity contribution in [3.63, 3.8) is 0 Å². The summed E-state index contributed by atoms with van der Waals surface area (Å²) in [6.45, 7) is 3.30. The normalized spacial score (nSPS) is 19.4. The fraction of sp³-hybridized carbons (Fsp3) is 0.333. The highest BCUT2D eigenvalue weighted by Crippen LogP contribution is 2.46. The maximum atomic E-state index is 14.5. The van der Waals surface area contributed by atoms with E-state index in [-0.39, 0.29) is 17.1 Å². The molecule has 1 saturated heterocycles. The van der Waals surface area contributed by atoms with Gasteiger partial charge in [-0.05, 0) is 74.3 Å². The van der Waals surface area contributed by atoms with Crippen LogP contribution in [-0.4, -0.2) is 58.0 Å². The number of aromatic carboxylic acids is 1. The Labute approximate surface area is 242 Å². The maximum Gasteiger partial charge on any atom is 0.337 e. The van der Waals surface area contributed by atoms with Crippen LogP contribution in [0.3, 0.4) is 0 Å². The van der Waals surface area contributed by atoms with E-state index in [0.29, 0.717) is 65.7 Å². The number of hydrogen-bond acceptors (Lipinski definition) is 7. The van der Waals surface area contributed by atoms with Crippen molar-refractivity contribution in [1.82, 2.24) is 14.9 Å². The minimum absolute atomic E-state index is 0.0463. The number of piperidine rings is 1. The number of aromatic nitrogens is 2. The second-order valence-corrected chi connectivity index (χ2v) is 11.6. The first-order valence-corrected chi connectivity index (χ1v) is 14.3. The molecular weight excluding hydrogens is 534 g/mol. The number of pyridine rings is 1. The van der Waals surface area contributed by atoms with Crippen LogP contribution in [0.15, 0.2) is 55.0 Å². The minimum atomic E-state index is -1.09. The van der Waals surface area contributed by atoms with Gasteiger partial charge in [-0.2, -0.15) is 0 Å². The number of nitrogens with one attached hydrogen (secondary N) is 1. The van der Waals surface area contributed by atoms with Crippen molar-refractivity contribution >= 4 is 28.4 Å². The highest BCUT2D eigenvalue weighted by molar-refractivity contribution is 6.19. The zero-order chi connectivity index (χ0) is 29.2. The number of fused-ring (bicyclic) bond motifs is 2. The molecule has 2 fully saturated rings. The molecule has 2 N–H and O–H groups in total. The van der Waals surface area contributed by atoms with Gasteiger partial charge in [0, 0.05) is 54.0 Å². The van der Waals surface area contributed by atoms with E-state index < -0.39 is 17.5 Å². The summed E-state index contributed by atoms with van der Waals surface area (Å²) in [7, 11) is 1.60. The number of carboxylic acid groups (broad SMARTS) is 1. The molecular formula is C33H31N3O6. The highest BCUT2D eigenvalue weighted by atomic mass is 16.5. The molecule has 2 aromatic heterocycles. The third kappa shape index (κ3) is 4.18. The summed E-state index contributed by atoms with van der Waals surface area (Å²) >= 11 is 0. The number of carbonyl (C=O) groups excluding carboxylic acids is 2. The topological polar surface area (TPSA) is 120 Å². The Hall–Kier alpha value is -4.50. The predicted octanol–water partition coefficient (Wildman–Crippen LogP) is 5.25. The number of ether oxygens (including phenoxy) is 2. The van der Waals surface area contributed by atoms with Gasteiger partial charge in [-0.25, -0.2) is 4.79 Å². The summed E-state index contributed by atoms with van der Waals surface area (Å²) in [5, 5.41) is 13.7. The number of carbonyl (C=O) groups is 3. The first-order chi connectivity index (χ1) is 20.3. The molecule has 9 heteroatoms. The summed E-state index contributed by atoms with van der Waals surface area (Å²) < 4.78 is 14.6. The van der Waals surface area contributed by atoms with Gasteiger partial charge < -0.3 is 24.5 Å². The Morgan fingerprint density at radius 2 is 1.86 bits per heavy atom. The molecule has 1 spiro atoms. The second kappa shape index (κ2) is 9.80. The molecule has 42 heavy (non-hydrogen) atoms. The van der Waals surface area contributed by atoms with Gasteiger partial charge in [0.15, 0.2) is 11.6 Å². The quantitative estimate of drug-likeness (QED) is 0.240. The van der Waals surface area contributed by atoms with Crippen LogP contribution in [0.1, 0.15) is 68.4 Å². The Bertz CT molecular complexity index is 1780. The van der Waals surface area contributed by atoms with E-state index in [1.54, 1.807) is 37.6 Å². The van der Waals surface area contributed by atoms with Crippen molar-refractivity contribution in [2.45, 2.75) is 44.2 Å². The standard InChI is InChI=1S/C33H31N3O6/c1-18-17-36(23-4-5-23)25-13-20(14-27(41-2)28(18)25)30(37)29-31(38)24-12-19(21-11-22(32(39)40)16-35-15-21)3-6-26(24)42-33(29)7-9-34-10-8-33/h3,6,11-17,23,29,34H,4-5,7-10H2,1-2H3,(H,39,40).